The van der Waals surface area contributed by atoms with Crippen molar-refractivity contribution in [1.29, 1.82) is 5.26 Å². The smallest absolute Gasteiger partial charge is 0.270 e. The summed E-state index contributed by atoms with van der Waals surface area (Å²) in [5.41, 5.74) is 2.16. The molecule has 0 spiro atoms. The molecular weight excluding hydrogens is 276 g/mol. The third-order valence-corrected chi connectivity index (χ3v) is 3.72. The molecule has 3 rings (SSSR count). The monoisotopic (exact) mass is 292 g/mol. The van der Waals surface area contributed by atoms with Crippen molar-refractivity contribution < 1.29 is 4.79 Å². The van der Waals surface area contributed by atoms with Crippen LogP contribution < -0.4 is 5.32 Å². The zero-order chi connectivity index (χ0) is 15.4. The number of aromatic nitrogens is 1. The van der Waals surface area contributed by atoms with Crippen LogP contribution in [0.25, 0.3) is 11.3 Å². The van der Waals surface area contributed by atoms with Gasteiger partial charge in [-0.2, -0.15) is 5.26 Å². The summed E-state index contributed by atoms with van der Waals surface area (Å²) in [5, 5.41) is 11.8. The summed E-state index contributed by atoms with van der Waals surface area (Å²) < 4.78 is 0. The van der Waals surface area contributed by atoms with Gasteiger partial charge in [0.25, 0.3) is 5.91 Å². The van der Waals surface area contributed by atoms with Gasteiger partial charge in [0.2, 0.25) is 0 Å². The summed E-state index contributed by atoms with van der Waals surface area (Å²) in [6, 6.07) is 15.2. The standard InChI is InChI=1S/C17H16N4O/c18-12-21-10-9-14(11-21)19-17(22)16-8-4-7-15(20-16)13-5-2-1-3-6-13/h1-8,14H,9-11H2,(H,19,22). The van der Waals surface area contributed by atoms with Gasteiger partial charge in [0.1, 0.15) is 5.69 Å². The number of carbonyl (C=O) groups excluding carboxylic acids is 1. The van der Waals surface area contributed by atoms with Gasteiger partial charge < -0.3 is 10.2 Å². The lowest BCUT2D eigenvalue weighted by Gasteiger charge is -2.12. The van der Waals surface area contributed by atoms with E-state index in [1.54, 1.807) is 11.0 Å². The number of benzene rings is 1. The molecule has 5 nitrogen and oxygen atoms in total. The van der Waals surface area contributed by atoms with Crippen molar-refractivity contribution in [2.24, 2.45) is 0 Å². The molecule has 1 unspecified atom stereocenters. The first kappa shape index (κ1) is 14.1. The Kier molecular flexibility index (Phi) is 4.01. The van der Waals surface area contributed by atoms with Crippen LogP contribution in [0.3, 0.4) is 0 Å². The minimum atomic E-state index is -0.192. The molecule has 1 saturated heterocycles. The van der Waals surface area contributed by atoms with Crippen LogP contribution in [0, 0.1) is 11.5 Å². The molecule has 22 heavy (non-hydrogen) atoms. The van der Waals surface area contributed by atoms with E-state index in [4.69, 9.17) is 5.26 Å². The van der Waals surface area contributed by atoms with Gasteiger partial charge in [-0.3, -0.25) is 4.79 Å². The molecule has 0 radical (unpaired) electrons. The van der Waals surface area contributed by atoms with Gasteiger partial charge in [0, 0.05) is 24.7 Å². The Morgan fingerprint density at radius 3 is 2.77 bits per heavy atom. The molecule has 5 heteroatoms. The number of amides is 1. The van der Waals surface area contributed by atoms with Crippen molar-refractivity contribution in [1.82, 2.24) is 15.2 Å². The maximum absolute atomic E-state index is 12.3. The second-order valence-electron chi connectivity index (χ2n) is 5.28. The van der Waals surface area contributed by atoms with E-state index in [1.165, 1.54) is 0 Å². The topological polar surface area (TPSA) is 69.0 Å². The maximum Gasteiger partial charge on any atom is 0.270 e. The molecule has 0 bridgehead atoms. The molecule has 1 aliphatic heterocycles. The van der Waals surface area contributed by atoms with E-state index in [-0.39, 0.29) is 11.9 Å². The molecule has 1 aliphatic rings. The number of nitrogens with one attached hydrogen (secondary N) is 1. The number of hydrogen-bond acceptors (Lipinski definition) is 4. The molecule has 1 atom stereocenters. The third kappa shape index (κ3) is 3.07. The fraction of sp³-hybridized carbons (Fsp3) is 0.235. The van der Waals surface area contributed by atoms with Gasteiger partial charge in [-0.15, -0.1) is 0 Å². The van der Waals surface area contributed by atoms with Crippen LogP contribution in [-0.4, -0.2) is 34.9 Å². The first-order valence-electron chi connectivity index (χ1n) is 7.24. The summed E-state index contributed by atoms with van der Waals surface area (Å²) in [4.78, 5) is 18.4. The van der Waals surface area contributed by atoms with Crippen LogP contribution in [0.5, 0.6) is 0 Å². The Bertz CT molecular complexity index is 708. The number of carbonyl (C=O) groups is 1. The van der Waals surface area contributed by atoms with E-state index in [0.717, 1.165) is 17.7 Å². The highest BCUT2D eigenvalue weighted by Crippen LogP contribution is 2.16. The van der Waals surface area contributed by atoms with Crippen molar-refractivity contribution >= 4 is 5.91 Å². The van der Waals surface area contributed by atoms with Crippen LogP contribution in [0.4, 0.5) is 0 Å². The van der Waals surface area contributed by atoms with E-state index in [0.29, 0.717) is 18.8 Å². The zero-order valence-corrected chi connectivity index (χ0v) is 12.1. The molecule has 2 aromatic rings. The highest BCUT2D eigenvalue weighted by Gasteiger charge is 2.23. The van der Waals surface area contributed by atoms with Gasteiger partial charge >= 0.3 is 0 Å². The lowest BCUT2D eigenvalue weighted by Crippen LogP contribution is -2.36. The minimum Gasteiger partial charge on any atom is -0.346 e. The highest BCUT2D eigenvalue weighted by atomic mass is 16.1. The van der Waals surface area contributed by atoms with Crippen molar-refractivity contribution in [3.05, 3.63) is 54.2 Å². The number of pyridine rings is 1. The predicted molar refractivity (Wildman–Crippen MR) is 82.7 cm³/mol. The van der Waals surface area contributed by atoms with E-state index in [1.807, 2.05) is 42.5 Å². The number of likely N-dealkylation sites (tertiary alicyclic amines) is 1. The quantitative estimate of drug-likeness (QED) is 0.879. The first-order chi connectivity index (χ1) is 10.8. The fourth-order valence-corrected chi connectivity index (χ4v) is 2.56. The van der Waals surface area contributed by atoms with Gasteiger partial charge in [-0.25, -0.2) is 4.98 Å². The fourth-order valence-electron chi connectivity index (χ4n) is 2.56. The molecule has 1 aromatic carbocycles. The second-order valence-corrected chi connectivity index (χ2v) is 5.28. The van der Waals surface area contributed by atoms with Crippen molar-refractivity contribution in [3.63, 3.8) is 0 Å². The third-order valence-electron chi connectivity index (χ3n) is 3.72. The molecule has 1 fully saturated rings. The van der Waals surface area contributed by atoms with Gasteiger partial charge in [0.15, 0.2) is 6.19 Å². The van der Waals surface area contributed by atoms with Gasteiger partial charge in [-0.1, -0.05) is 36.4 Å². The molecule has 110 valence electrons. The Hall–Kier alpha value is -2.87. The second kappa shape index (κ2) is 6.27. The predicted octanol–water partition coefficient (Wildman–Crippen LogP) is 2.03. The SMILES string of the molecule is N#CN1CCC(NC(=O)c2cccc(-c3ccccc3)n2)C1. The number of nitriles is 1. The van der Waals surface area contributed by atoms with Crippen molar-refractivity contribution in [2.75, 3.05) is 13.1 Å². The average Bonchev–Trinajstić information content (AvgIpc) is 3.03. The van der Waals surface area contributed by atoms with Crippen LogP contribution in [0.15, 0.2) is 48.5 Å². The summed E-state index contributed by atoms with van der Waals surface area (Å²) >= 11 is 0. The summed E-state index contributed by atoms with van der Waals surface area (Å²) in [6.45, 7) is 1.26. The van der Waals surface area contributed by atoms with E-state index in [9.17, 15) is 4.79 Å². The Labute approximate surface area is 129 Å². The van der Waals surface area contributed by atoms with Gasteiger partial charge in [-0.05, 0) is 18.6 Å². The van der Waals surface area contributed by atoms with E-state index < -0.39 is 0 Å². The first-order valence-corrected chi connectivity index (χ1v) is 7.24. The summed E-state index contributed by atoms with van der Waals surface area (Å²) in [5.74, 6) is -0.192. The molecule has 2 heterocycles. The zero-order valence-electron chi connectivity index (χ0n) is 12.1. The normalized spacial score (nSPS) is 17.0. The molecule has 1 aromatic heterocycles. The lowest BCUT2D eigenvalue weighted by atomic mass is 10.1. The number of nitrogens with zero attached hydrogens (tertiary/aromatic N) is 3. The lowest BCUT2D eigenvalue weighted by molar-refractivity contribution is 0.0934. The summed E-state index contributed by atoms with van der Waals surface area (Å²) in [6.07, 6.45) is 2.89. The van der Waals surface area contributed by atoms with Crippen LogP contribution in [0.2, 0.25) is 0 Å². The van der Waals surface area contributed by atoms with Crippen LogP contribution >= 0.6 is 0 Å². The Morgan fingerprint density at radius 1 is 1.23 bits per heavy atom. The molecule has 0 saturated carbocycles. The molecular formula is C17H16N4O. The van der Waals surface area contributed by atoms with Crippen LogP contribution in [-0.2, 0) is 0 Å². The molecule has 1 N–H and O–H groups in total. The molecule has 0 aliphatic carbocycles. The molecule has 1 amide bonds. The average molecular weight is 292 g/mol. The minimum absolute atomic E-state index is 0.00864. The number of rotatable bonds is 3. The van der Waals surface area contributed by atoms with E-state index >= 15 is 0 Å². The van der Waals surface area contributed by atoms with Gasteiger partial charge in [0.05, 0.1) is 5.69 Å². The Balaban J connectivity index is 1.73. The van der Waals surface area contributed by atoms with Crippen molar-refractivity contribution in [2.45, 2.75) is 12.5 Å². The maximum atomic E-state index is 12.3. The van der Waals surface area contributed by atoms with Crippen LogP contribution in [0.1, 0.15) is 16.9 Å². The number of hydrogen-bond donors (Lipinski definition) is 1. The van der Waals surface area contributed by atoms with Crippen molar-refractivity contribution in [3.8, 4) is 17.5 Å². The summed E-state index contributed by atoms with van der Waals surface area (Å²) in [7, 11) is 0. The largest absolute Gasteiger partial charge is 0.346 e. The van der Waals surface area contributed by atoms with E-state index in [2.05, 4.69) is 16.5 Å². The highest BCUT2D eigenvalue weighted by molar-refractivity contribution is 5.93. The Morgan fingerprint density at radius 2 is 2.05 bits per heavy atom.